The molecular weight excluding hydrogens is 284 g/mol. The van der Waals surface area contributed by atoms with Crippen molar-refractivity contribution in [1.82, 2.24) is 0 Å². The number of hydrogen-bond donors (Lipinski definition) is 0. The number of ether oxygens (including phenoxy) is 2. The summed E-state index contributed by atoms with van der Waals surface area (Å²) in [6, 6.07) is 7.64. The van der Waals surface area contributed by atoms with E-state index in [-0.39, 0.29) is 0 Å². The van der Waals surface area contributed by atoms with Crippen molar-refractivity contribution < 1.29 is 14.3 Å². The number of fused-ring (bicyclic) bond motifs is 1. The lowest BCUT2D eigenvalue weighted by atomic mass is 10.0. The highest BCUT2D eigenvalue weighted by molar-refractivity contribution is 9.10. The minimum Gasteiger partial charge on any atom is -0.495 e. The average molecular weight is 295 g/mol. The van der Waals surface area contributed by atoms with E-state index in [0.29, 0.717) is 21.5 Å². The molecule has 0 amide bonds. The third kappa shape index (κ3) is 1.78. The van der Waals surface area contributed by atoms with Gasteiger partial charge in [-0.05, 0) is 15.9 Å². The lowest BCUT2D eigenvalue weighted by Gasteiger charge is -2.14. The molecule has 0 heterocycles. The molecule has 88 valence electrons. The Balaban J connectivity index is 2.98. The number of aldehydes is 1. The zero-order chi connectivity index (χ0) is 12.4. The highest BCUT2D eigenvalue weighted by atomic mass is 79.9. The summed E-state index contributed by atoms with van der Waals surface area (Å²) in [6.45, 7) is 0. The van der Waals surface area contributed by atoms with Crippen LogP contribution in [0.15, 0.2) is 28.7 Å². The lowest BCUT2D eigenvalue weighted by Crippen LogP contribution is -1.97. The largest absolute Gasteiger partial charge is 0.495 e. The van der Waals surface area contributed by atoms with Crippen molar-refractivity contribution in [3.63, 3.8) is 0 Å². The third-order valence-electron chi connectivity index (χ3n) is 2.62. The molecule has 0 saturated heterocycles. The fourth-order valence-electron chi connectivity index (χ4n) is 1.89. The second kappa shape index (κ2) is 4.75. The average Bonchev–Trinajstić information content (AvgIpc) is 2.37. The molecule has 0 spiro atoms. The zero-order valence-electron chi connectivity index (χ0n) is 9.49. The van der Waals surface area contributed by atoms with Gasteiger partial charge in [-0.1, -0.05) is 24.3 Å². The van der Waals surface area contributed by atoms with Crippen molar-refractivity contribution in [1.29, 1.82) is 0 Å². The molecule has 4 heteroatoms. The Hall–Kier alpha value is -1.55. The number of carbonyl (C=O) groups is 1. The van der Waals surface area contributed by atoms with Crippen LogP contribution >= 0.6 is 15.9 Å². The van der Waals surface area contributed by atoms with Crippen molar-refractivity contribution in [2.24, 2.45) is 0 Å². The highest BCUT2D eigenvalue weighted by Gasteiger charge is 2.18. The third-order valence-corrected chi connectivity index (χ3v) is 3.41. The quantitative estimate of drug-likeness (QED) is 0.814. The molecule has 0 aliphatic rings. The van der Waals surface area contributed by atoms with Gasteiger partial charge in [0.1, 0.15) is 11.5 Å². The Kier molecular flexibility index (Phi) is 3.33. The van der Waals surface area contributed by atoms with Crippen molar-refractivity contribution in [3.8, 4) is 11.5 Å². The van der Waals surface area contributed by atoms with E-state index >= 15 is 0 Å². The number of methoxy groups -OCH3 is 2. The fraction of sp³-hybridized carbons (Fsp3) is 0.154. The topological polar surface area (TPSA) is 35.5 Å². The van der Waals surface area contributed by atoms with E-state index in [9.17, 15) is 4.79 Å². The summed E-state index contributed by atoms with van der Waals surface area (Å²) in [5.41, 5.74) is 0.461. The Labute approximate surface area is 107 Å². The maximum atomic E-state index is 11.2. The zero-order valence-corrected chi connectivity index (χ0v) is 11.1. The molecule has 2 aromatic rings. The van der Waals surface area contributed by atoms with Gasteiger partial charge in [0.15, 0.2) is 6.29 Å². The summed E-state index contributed by atoms with van der Waals surface area (Å²) in [6.07, 6.45) is 0.762. The summed E-state index contributed by atoms with van der Waals surface area (Å²) in [5, 5.41) is 1.77. The smallest absolute Gasteiger partial charge is 0.155 e. The Morgan fingerprint density at radius 3 is 2.06 bits per heavy atom. The first-order valence-electron chi connectivity index (χ1n) is 5.02. The van der Waals surface area contributed by atoms with Crippen molar-refractivity contribution >= 4 is 33.0 Å². The molecule has 0 aromatic heterocycles. The monoisotopic (exact) mass is 294 g/mol. The molecule has 0 saturated carbocycles. The van der Waals surface area contributed by atoms with Gasteiger partial charge >= 0.3 is 0 Å². The summed E-state index contributed by atoms with van der Waals surface area (Å²) < 4.78 is 11.3. The number of hydrogen-bond acceptors (Lipinski definition) is 3. The van der Waals surface area contributed by atoms with Crippen LogP contribution < -0.4 is 9.47 Å². The van der Waals surface area contributed by atoms with Crippen molar-refractivity contribution in [3.05, 3.63) is 34.3 Å². The predicted molar refractivity (Wildman–Crippen MR) is 70.1 cm³/mol. The maximum absolute atomic E-state index is 11.2. The molecule has 0 fully saturated rings. The van der Waals surface area contributed by atoms with Crippen LogP contribution in [-0.2, 0) is 0 Å². The summed E-state index contributed by atoms with van der Waals surface area (Å²) in [7, 11) is 3.13. The van der Waals surface area contributed by atoms with E-state index in [0.717, 1.165) is 17.1 Å². The van der Waals surface area contributed by atoms with Crippen molar-refractivity contribution in [2.45, 2.75) is 0 Å². The second-order valence-electron chi connectivity index (χ2n) is 3.46. The van der Waals surface area contributed by atoms with E-state index in [2.05, 4.69) is 15.9 Å². The molecule has 0 radical (unpaired) electrons. The number of rotatable bonds is 3. The Bertz CT molecular complexity index is 578. The number of halogens is 1. The van der Waals surface area contributed by atoms with Gasteiger partial charge in [0.25, 0.3) is 0 Å². The van der Waals surface area contributed by atoms with Crippen LogP contribution in [0.2, 0.25) is 0 Å². The minimum absolute atomic E-state index is 0.461. The van der Waals surface area contributed by atoms with Gasteiger partial charge in [0.05, 0.1) is 24.3 Å². The van der Waals surface area contributed by atoms with Crippen LogP contribution in [-0.4, -0.2) is 20.5 Å². The molecule has 0 unspecified atom stereocenters. The SMILES string of the molecule is COc1c(Br)c(C=O)c(OC)c2ccccc12. The molecule has 0 bridgehead atoms. The van der Waals surface area contributed by atoms with Gasteiger partial charge in [-0.2, -0.15) is 0 Å². The first-order valence-corrected chi connectivity index (χ1v) is 5.81. The molecule has 17 heavy (non-hydrogen) atoms. The molecule has 0 atom stereocenters. The van der Waals surface area contributed by atoms with Crippen LogP contribution in [0.3, 0.4) is 0 Å². The van der Waals surface area contributed by atoms with Gasteiger partial charge in [0, 0.05) is 10.8 Å². The maximum Gasteiger partial charge on any atom is 0.155 e. The van der Waals surface area contributed by atoms with E-state index in [1.165, 1.54) is 0 Å². The standard InChI is InChI=1S/C13H11BrO3/c1-16-12-8-5-3-4-6-9(8)13(17-2)11(14)10(12)7-15/h3-7H,1-2H3. The first kappa shape index (κ1) is 11.9. The van der Waals surface area contributed by atoms with Crippen molar-refractivity contribution in [2.75, 3.05) is 14.2 Å². The van der Waals surface area contributed by atoms with E-state index in [4.69, 9.17) is 9.47 Å². The molecule has 2 aromatic carbocycles. The van der Waals surface area contributed by atoms with Crippen LogP contribution in [0.1, 0.15) is 10.4 Å². The number of benzene rings is 2. The lowest BCUT2D eigenvalue weighted by molar-refractivity contribution is 0.111. The molecule has 2 rings (SSSR count). The summed E-state index contributed by atoms with van der Waals surface area (Å²) >= 11 is 3.38. The summed E-state index contributed by atoms with van der Waals surface area (Å²) in [4.78, 5) is 11.2. The predicted octanol–water partition coefficient (Wildman–Crippen LogP) is 3.43. The molecule has 0 aliphatic carbocycles. The van der Waals surface area contributed by atoms with E-state index in [1.54, 1.807) is 14.2 Å². The second-order valence-corrected chi connectivity index (χ2v) is 4.25. The van der Waals surface area contributed by atoms with Crippen LogP contribution in [0.5, 0.6) is 11.5 Å². The summed E-state index contributed by atoms with van der Waals surface area (Å²) in [5.74, 6) is 1.20. The van der Waals surface area contributed by atoms with Crippen LogP contribution in [0.25, 0.3) is 10.8 Å². The van der Waals surface area contributed by atoms with E-state index in [1.807, 2.05) is 24.3 Å². The van der Waals surface area contributed by atoms with Gasteiger partial charge in [-0.15, -0.1) is 0 Å². The molecule has 0 aliphatic heterocycles. The van der Waals surface area contributed by atoms with Gasteiger partial charge in [-0.3, -0.25) is 4.79 Å². The highest BCUT2D eigenvalue weighted by Crippen LogP contribution is 2.42. The number of carbonyl (C=O) groups excluding carboxylic acids is 1. The minimum atomic E-state index is 0.461. The van der Waals surface area contributed by atoms with Gasteiger partial charge < -0.3 is 9.47 Å². The molecule has 0 N–H and O–H groups in total. The fourth-order valence-corrected chi connectivity index (χ4v) is 2.54. The normalized spacial score (nSPS) is 10.3. The molecular formula is C13H11BrO3. The first-order chi connectivity index (χ1) is 8.24. The Morgan fingerprint density at radius 1 is 1.06 bits per heavy atom. The van der Waals surface area contributed by atoms with Crippen LogP contribution in [0, 0.1) is 0 Å². The van der Waals surface area contributed by atoms with Crippen LogP contribution in [0.4, 0.5) is 0 Å². The van der Waals surface area contributed by atoms with Gasteiger partial charge in [0.2, 0.25) is 0 Å². The van der Waals surface area contributed by atoms with E-state index < -0.39 is 0 Å². The Morgan fingerprint density at radius 2 is 1.59 bits per heavy atom. The van der Waals surface area contributed by atoms with Gasteiger partial charge in [-0.25, -0.2) is 0 Å². The molecule has 3 nitrogen and oxygen atoms in total.